The molecule has 0 fully saturated rings. The molecule has 68 valence electrons. The van der Waals surface area contributed by atoms with Crippen LogP contribution in [0.25, 0.3) is 0 Å². The van der Waals surface area contributed by atoms with E-state index < -0.39 is 0 Å². The minimum atomic E-state index is -0.349. The van der Waals surface area contributed by atoms with E-state index in [2.05, 4.69) is 53.0 Å². The van der Waals surface area contributed by atoms with Gasteiger partial charge in [-0.15, -0.1) is 11.6 Å². The lowest BCUT2D eigenvalue weighted by Crippen LogP contribution is -2.43. The maximum atomic E-state index is 6.05. The van der Waals surface area contributed by atoms with Crippen molar-refractivity contribution in [3.05, 3.63) is 0 Å². The summed E-state index contributed by atoms with van der Waals surface area (Å²) in [7, 11) is 6.43. The number of alkyl halides is 3. The third-order valence-corrected chi connectivity index (χ3v) is 4.16. The third-order valence-electron chi connectivity index (χ3n) is 1.26. The lowest BCUT2D eigenvalue weighted by atomic mass is 10.3. The van der Waals surface area contributed by atoms with Crippen molar-refractivity contribution in [2.75, 3.05) is 27.7 Å². The zero-order valence-electron chi connectivity index (χ0n) is 7.37. The second kappa shape index (κ2) is 3.95. The topological polar surface area (TPSA) is 0 Å². The Labute approximate surface area is 90.9 Å². The molecule has 4 heteroatoms. The van der Waals surface area contributed by atoms with Gasteiger partial charge in [-0.3, -0.25) is 0 Å². The molecular weight excluding hydrogens is 293 g/mol. The van der Waals surface area contributed by atoms with E-state index in [-0.39, 0.29) is 8.61 Å². The summed E-state index contributed by atoms with van der Waals surface area (Å²) in [5.41, 5.74) is 0. The molecule has 0 aromatic heterocycles. The van der Waals surface area contributed by atoms with Crippen LogP contribution in [-0.2, 0) is 0 Å². The average Bonchev–Trinajstić information content (AvgIpc) is 1.56. The van der Waals surface area contributed by atoms with Gasteiger partial charge in [-0.25, -0.2) is 0 Å². The highest BCUT2D eigenvalue weighted by molar-refractivity contribution is 9.13. The molecule has 0 rings (SSSR count). The van der Waals surface area contributed by atoms with Crippen molar-refractivity contribution in [1.82, 2.24) is 0 Å². The molecule has 0 bridgehead atoms. The fourth-order valence-corrected chi connectivity index (χ4v) is 1.72. The molecule has 0 heterocycles. The second-order valence-corrected chi connectivity index (χ2v) is 7.89. The molecule has 0 aromatic carbocycles. The number of rotatable bonds is 3. The van der Waals surface area contributed by atoms with Gasteiger partial charge in [0, 0.05) is 0 Å². The van der Waals surface area contributed by atoms with Crippen molar-refractivity contribution < 1.29 is 4.48 Å². The van der Waals surface area contributed by atoms with Gasteiger partial charge in [-0.05, 0) is 6.92 Å². The van der Waals surface area contributed by atoms with Crippen LogP contribution in [0.3, 0.4) is 0 Å². The van der Waals surface area contributed by atoms with Crippen LogP contribution in [0.4, 0.5) is 0 Å². The first-order chi connectivity index (χ1) is 4.63. The van der Waals surface area contributed by atoms with Crippen LogP contribution < -0.4 is 0 Å². The minimum Gasteiger partial charge on any atom is -0.330 e. The van der Waals surface area contributed by atoms with Crippen LogP contribution in [0.5, 0.6) is 0 Å². The molecule has 0 aromatic rings. The van der Waals surface area contributed by atoms with Gasteiger partial charge >= 0.3 is 0 Å². The van der Waals surface area contributed by atoms with Crippen molar-refractivity contribution in [3.63, 3.8) is 0 Å². The van der Waals surface area contributed by atoms with E-state index in [1.165, 1.54) is 0 Å². The molecule has 0 N–H and O–H groups in total. The van der Waals surface area contributed by atoms with Crippen molar-refractivity contribution in [2.45, 2.75) is 15.5 Å². The van der Waals surface area contributed by atoms with E-state index in [1.807, 2.05) is 6.92 Å². The Hall–Kier alpha value is 1.21. The van der Waals surface area contributed by atoms with Gasteiger partial charge in [0.2, 0.25) is 0 Å². The molecule has 1 nitrogen and oxygen atoms in total. The van der Waals surface area contributed by atoms with Crippen LogP contribution >= 0.6 is 43.5 Å². The summed E-state index contributed by atoms with van der Waals surface area (Å²) in [6.07, 6.45) is 0. The van der Waals surface area contributed by atoms with Crippen molar-refractivity contribution >= 4 is 43.5 Å². The number of hydrogen-bond acceptors (Lipinski definition) is 0. The lowest BCUT2D eigenvalue weighted by Gasteiger charge is -2.30. The zero-order chi connectivity index (χ0) is 9.28. The second-order valence-electron chi connectivity index (χ2n) is 3.90. The summed E-state index contributed by atoms with van der Waals surface area (Å²) in [5.74, 6) is 0. The molecule has 0 aliphatic rings. The molecular formula is C7H15Br2ClN+. The number of hydrogen-bond donors (Lipinski definition) is 0. The summed E-state index contributed by atoms with van der Waals surface area (Å²) in [6.45, 7) is 2.94. The molecule has 0 radical (unpaired) electrons. The molecule has 2 atom stereocenters. The monoisotopic (exact) mass is 306 g/mol. The maximum absolute atomic E-state index is 6.05. The summed E-state index contributed by atoms with van der Waals surface area (Å²) in [6, 6.07) is 0. The number of quaternary nitrogens is 1. The van der Waals surface area contributed by atoms with E-state index in [0.29, 0.717) is 0 Å². The minimum absolute atomic E-state index is 0.275. The maximum Gasteiger partial charge on any atom is 0.114 e. The first-order valence-corrected chi connectivity index (χ1v) is 5.54. The third kappa shape index (κ3) is 6.38. The van der Waals surface area contributed by atoms with E-state index in [0.717, 1.165) is 11.0 Å². The lowest BCUT2D eigenvalue weighted by molar-refractivity contribution is -0.869. The molecule has 2 unspecified atom stereocenters. The highest BCUT2D eigenvalue weighted by Gasteiger charge is 2.31. The molecule has 0 saturated carbocycles. The Kier molecular flexibility index (Phi) is 4.38. The van der Waals surface area contributed by atoms with Crippen molar-refractivity contribution in [2.24, 2.45) is 0 Å². The summed E-state index contributed by atoms with van der Waals surface area (Å²) in [4.78, 5) is 0.275. The number of nitrogens with zero attached hydrogens (tertiary/aromatic N) is 1. The predicted molar refractivity (Wildman–Crippen MR) is 58.8 cm³/mol. The molecule has 0 spiro atoms. The van der Waals surface area contributed by atoms with Crippen LogP contribution in [0, 0.1) is 0 Å². The average molecular weight is 308 g/mol. The zero-order valence-corrected chi connectivity index (χ0v) is 11.3. The van der Waals surface area contributed by atoms with Crippen molar-refractivity contribution in [1.29, 1.82) is 0 Å². The normalized spacial score (nSPS) is 21.0. The van der Waals surface area contributed by atoms with E-state index in [9.17, 15) is 0 Å². The van der Waals surface area contributed by atoms with Gasteiger partial charge in [-0.1, -0.05) is 31.9 Å². The Morgan fingerprint density at radius 1 is 1.45 bits per heavy atom. The fourth-order valence-electron chi connectivity index (χ4n) is 0.641. The fraction of sp³-hybridized carbons (Fsp3) is 1.00. The van der Waals surface area contributed by atoms with Crippen LogP contribution in [0.1, 0.15) is 6.92 Å². The largest absolute Gasteiger partial charge is 0.330 e. The van der Waals surface area contributed by atoms with Gasteiger partial charge in [-0.2, -0.15) is 0 Å². The number of halogens is 3. The first kappa shape index (κ1) is 12.2. The van der Waals surface area contributed by atoms with Crippen LogP contribution in [-0.4, -0.2) is 40.8 Å². The highest BCUT2D eigenvalue weighted by Crippen LogP contribution is 2.32. The van der Waals surface area contributed by atoms with Crippen LogP contribution in [0.2, 0.25) is 0 Å². The SMILES string of the molecule is CC(Cl)(Br)C(Br)C[N+](C)(C)C. The summed E-state index contributed by atoms with van der Waals surface area (Å²) >= 11 is 13.0. The van der Waals surface area contributed by atoms with Gasteiger partial charge in [0.1, 0.15) is 3.78 Å². The highest BCUT2D eigenvalue weighted by atomic mass is 79.9. The van der Waals surface area contributed by atoms with E-state index in [1.54, 1.807) is 0 Å². The summed E-state index contributed by atoms with van der Waals surface area (Å²) < 4.78 is 0.558. The van der Waals surface area contributed by atoms with Gasteiger partial charge in [0.25, 0.3) is 0 Å². The first-order valence-electron chi connectivity index (χ1n) is 3.45. The quantitative estimate of drug-likeness (QED) is 0.555. The molecule has 0 saturated heterocycles. The van der Waals surface area contributed by atoms with E-state index >= 15 is 0 Å². The molecule has 0 aliphatic carbocycles. The Balaban J connectivity index is 3.99. The molecule has 0 aliphatic heterocycles. The Bertz CT molecular complexity index is 125. The standard InChI is InChI=1S/C7H15Br2ClN/c1-7(9,10)6(8)5-11(2,3)4/h6H,5H2,1-4H3/q+1. The van der Waals surface area contributed by atoms with Crippen molar-refractivity contribution in [3.8, 4) is 0 Å². The molecule has 11 heavy (non-hydrogen) atoms. The van der Waals surface area contributed by atoms with E-state index in [4.69, 9.17) is 11.6 Å². The smallest absolute Gasteiger partial charge is 0.114 e. The Morgan fingerprint density at radius 3 is 1.91 bits per heavy atom. The predicted octanol–water partition coefficient (Wildman–Crippen LogP) is 2.81. The Morgan fingerprint density at radius 2 is 1.82 bits per heavy atom. The van der Waals surface area contributed by atoms with Gasteiger partial charge < -0.3 is 4.48 Å². The van der Waals surface area contributed by atoms with Crippen LogP contribution in [0.15, 0.2) is 0 Å². The van der Waals surface area contributed by atoms with Gasteiger partial charge in [0.05, 0.1) is 32.5 Å². The van der Waals surface area contributed by atoms with Gasteiger partial charge in [0.15, 0.2) is 0 Å². The molecule has 0 amide bonds. The summed E-state index contributed by atoms with van der Waals surface area (Å²) in [5, 5.41) is 0.